The second kappa shape index (κ2) is 11.1. The van der Waals surface area contributed by atoms with Crippen molar-refractivity contribution in [2.24, 2.45) is 5.92 Å². The lowest BCUT2D eigenvalue weighted by Crippen LogP contribution is -2.35. The summed E-state index contributed by atoms with van der Waals surface area (Å²) in [7, 11) is 0. The molecule has 4 aromatic rings. The monoisotopic (exact) mass is 588 g/mol. The molecule has 1 aromatic carbocycles. The third kappa shape index (κ3) is 5.86. The van der Waals surface area contributed by atoms with Crippen molar-refractivity contribution < 1.29 is 14.6 Å². The first-order valence-corrected chi connectivity index (χ1v) is 15.5. The highest BCUT2D eigenvalue weighted by Gasteiger charge is 2.54. The molecule has 0 bridgehead atoms. The molecule has 1 saturated heterocycles. The number of nitrogens with zero attached hydrogens (tertiary/aromatic N) is 4. The Kier molecular flexibility index (Phi) is 7.67. The summed E-state index contributed by atoms with van der Waals surface area (Å²) < 4.78 is 13.5. The van der Waals surface area contributed by atoms with E-state index in [-0.39, 0.29) is 36.2 Å². The number of rotatable bonds is 8. The van der Waals surface area contributed by atoms with Crippen LogP contribution in [0.3, 0.4) is 0 Å². The summed E-state index contributed by atoms with van der Waals surface area (Å²) in [6.45, 7) is 13.3. The van der Waals surface area contributed by atoms with Crippen LogP contribution < -0.4 is 10.6 Å². The van der Waals surface area contributed by atoms with Gasteiger partial charge >= 0.3 is 0 Å². The molecule has 0 unspecified atom stereocenters. The molecule has 6 rings (SSSR count). The number of fused-ring (bicyclic) bond motifs is 2. The number of anilines is 2. The van der Waals surface area contributed by atoms with E-state index in [1.807, 2.05) is 26.8 Å². The molecular weight excluding hydrogens is 548 g/mol. The van der Waals surface area contributed by atoms with E-state index in [1.54, 1.807) is 23.7 Å². The van der Waals surface area contributed by atoms with Gasteiger partial charge in [-0.05, 0) is 56.2 Å². The molecule has 1 aliphatic carbocycles. The van der Waals surface area contributed by atoms with Crippen LogP contribution in [0.4, 0.5) is 11.8 Å². The van der Waals surface area contributed by atoms with Gasteiger partial charge in [0.1, 0.15) is 22.4 Å². The third-order valence-corrected chi connectivity index (χ3v) is 9.20. The predicted molar refractivity (Wildman–Crippen MR) is 167 cm³/mol. The van der Waals surface area contributed by atoms with Crippen molar-refractivity contribution in [1.82, 2.24) is 19.9 Å². The van der Waals surface area contributed by atoms with E-state index < -0.39 is 5.79 Å². The highest BCUT2D eigenvalue weighted by atomic mass is 32.1. The molecule has 3 N–H and O–H groups in total. The molecule has 2 aliphatic rings. The molecular formula is C32H40N6O3S. The van der Waals surface area contributed by atoms with Gasteiger partial charge in [0.2, 0.25) is 5.95 Å². The summed E-state index contributed by atoms with van der Waals surface area (Å²) in [4.78, 5) is 18.9. The van der Waals surface area contributed by atoms with Crippen molar-refractivity contribution in [3.8, 4) is 10.6 Å². The highest BCUT2D eigenvalue weighted by molar-refractivity contribution is 7.21. The van der Waals surface area contributed by atoms with Crippen LogP contribution in [-0.2, 0) is 21.3 Å². The molecule has 0 radical (unpaired) electrons. The number of benzene rings is 1. The SMILES string of the molecule is Cc1nc(NCCc2ccc(C(C)(C)C)cc2)nc(N[C@@H]2C[C@H](CO)[C@H]3OC(C)(C)O[C@H]32)c1-c1nc2cnccc2s1. The Bertz CT molecular complexity index is 1530. The number of hydrogen-bond donors (Lipinski definition) is 3. The van der Waals surface area contributed by atoms with Crippen LogP contribution >= 0.6 is 11.3 Å². The smallest absolute Gasteiger partial charge is 0.224 e. The minimum Gasteiger partial charge on any atom is -0.396 e. The van der Waals surface area contributed by atoms with Gasteiger partial charge in [0.25, 0.3) is 0 Å². The van der Waals surface area contributed by atoms with Crippen molar-refractivity contribution in [3.05, 3.63) is 59.5 Å². The van der Waals surface area contributed by atoms with E-state index in [9.17, 15) is 5.11 Å². The molecule has 9 nitrogen and oxygen atoms in total. The van der Waals surface area contributed by atoms with E-state index >= 15 is 0 Å². The first-order valence-electron chi connectivity index (χ1n) is 14.7. The highest BCUT2D eigenvalue weighted by Crippen LogP contribution is 2.44. The summed E-state index contributed by atoms with van der Waals surface area (Å²) in [5.74, 6) is 0.536. The summed E-state index contributed by atoms with van der Waals surface area (Å²) in [5.41, 5.74) is 5.26. The molecule has 2 fully saturated rings. The molecule has 0 amide bonds. The van der Waals surface area contributed by atoms with E-state index in [4.69, 9.17) is 24.4 Å². The molecule has 4 heterocycles. The number of aromatic nitrogens is 4. The molecule has 222 valence electrons. The zero-order chi connectivity index (χ0) is 29.6. The largest absolute Gasteiger partial charge is 0.396 e. The van der Waals surface area contributed by atoms with Crippen LogP contribution in [0, 0.1) is 12.8 Å². The predicted octanol–water partition coefficient (Wildman–Crippen LogP) is 5.72. The summed E-state index contributed by atoms with van der Waals surface area (Å²) >= 11 is 1.60. The standard InChI is InChI=1S/C32H40N6O3S/c1-18-25(29-37-23-16-33-13-12-24(23)42-29)28(36-22-15-20(17-39)26-27(22)41-32(5,6)40-26)38-30(35-18)34-14-11-19-7-9-21(10-8-19)31(2,3)4/h7-10,12-13,16,20,22,26-27,39H,11,14-15,17H2,1-6H3,(H2,34,35,36,38)/t20-,22-,26-,27+/m1/s1. The molecule has 0 spiro atoms. The second-order valence-electron chi connectivity index (χ2n) is 12.8. The fraction of sp³-hybridized carbons (Fsp3) is 0.500. The lowest BCUT2D eigenvalue weighted by atomic mass is 9.86. The van der Waals surface area contributed by atoms with Gasteiger partial charge in [-0.15, -0.1) is 11.3 Å². The van der Waals surface area contributed by atoms with Crippen molar-refractivity contribution >= 4 is 33.3 Å². The Hall–Kier alpha value is -3.18. The van der Waals surface area contributed by atoms with E-state index in [0.717, 1.165) is 32.9 Å². The molecule has 42 heavy (non-hydrogen) atoms. The van der Waals surface area contributed by atoms with Gasteiger partial charge in [-0.25, -0.2) is 9.97 Å². The number of aliphatic hydroxyl groups excluding tert-OH is 1. The van der Waals surface area contributed by atoms with Crippen LogP contribution in [-0.4, -0.2) is 62.2 Å². The summed E-state index contributed by atoms with van der Waals surface area (Å²) in [5, 5.41) is 18.1. The molecule has 3 aromatic heterocycles. The van der Waals surface area contributed by atoms with Gasteiger partial charge in [0, 0.05) is 25.3 Å². The summed E-state index contributed by atoms with van der Waals surface area (Å²) in [6, 6.07) is 10.7. The topological polar surface area (TPSA) is 114 Å². The maximum absolute atomic E-state index is 10.1. The zero-order valence-corrected chi connectivity index (χ0v) is 26.0. The second-order valence-corrected chi connectivity index (χ2v) is 13.9. The lowest BCUT2D eigenvalue weighted by molar-refractivity contribution is -0.158. The van der Waals surface area contributed by atoms with Crippen LogP contribution in [0.2, 0.25) is 0 Å². The quantitative estimate of drug-likeness (QED) is 0.238. The van der Waals surface area contributed by atoms with Gasteiger partial charge in [-0.2, -0.15) is 4.98 Å². The van der Waals surface area contributed by atoms with Gasteiger partial charge in [-0.1, -0.05) is 45.0 Å². The van der Waals surface area contributed by atoms with Crippen molar-refractivity contribution in [2.75, 3.05) is 23.8 Å². The van der Waals surface area contributed by atoms with Gasteiger partial charge in [-0.3, -0.25) is 4.98 Å². The first-order chi connectivity index (χ1) is 20.0. The van der Waals surface area contributed by atoms with E-state index in [0.29, 0.717) is 24.7 Å². The van der Waals surface area contributed by atoms with Crippen molar-refractivity contribution in [1.29, 1.82) is 0 Å². The Balaban J connectivity index is 1.28. The summed E-state index contributed by atoms with van der Waals surface area (Å²) in [6.07, 6.45) is 4.75. The van der Waals surface area contributed by atoms with E-state index in [1.165, 1.54) is 11.1 Å². The van der Waals surface area contributed by atoms with Crippen LogP contribution in [0.5, 0.6) is 0 Å². The molecule has 1 saturated carbocycles. The lowest BCUT2D eigenvalue weighted by Gasteiger charge is -2.25. The van der Waals surface area contributed by atoms with Crippen molar-refractivity contribution in [2.45, 2.75) is 83.8 Å². The fourth-order valence-corrected chi connectivity index (χ4v) is 7.00. The number of aryl methyl sites for hydroxylation is 1. The minimum absolute atomic E-state index is 0.0172. The van der Waals surface area contributed by atoms with Crippen LogP contribution in [0.1, 0.15) is 57.9 Å². The third-order valence-electron chi connectivity index (χ3n) is 8.15. The maximum atomic E-state index is 10.1. The number of thiazole rings is 1. The van der Waals surface area contributed by atoms with Crippen LogP contribution in [0.15, 0.2) is 42.7 Å². The van der Waals surface area contributed by atoms with Gasteiger partial charge in [0.15, 0.2) is 5.79 Å². The number of hydrogen-bond acceptors (Lipinski definition) is 10. The first kappa shape index (κ1) is 28.9. The Morgan fingerprint density at radius 1 is 1.05 bits per heavy atom. The Labute approximate surface area is 251 Å². The van der Waals surface area contributed by atoms with Crippen molar-refractivity contribution in [3.63, 3.8) is 0 Å². The van der Waals surface area contributed by atoms with E-state index in [2.05, 4.69) is 60.7 Å². The molecule has 4 atom stereocenters. The van der Waals surface area contributed by atoms with Gasteiger partial charge < -0.3 is 25.2 Å². The average Bonchev–Trinajstić information content (AvgIpc) is 3.59. The van der Waals surface area contributed by atoms with Crippen LogP contribution in [0.25, 0.3) is 20.8 Å². The molecule has 1 aliphatic heterocycles. The Morgan fingerprint density at radius 3 is 2.52 bits per heavy atom. The average molecular weight is 589 g/mol. The number of ether oxygens (including phenoxy) is 2. The minimum atomic E-state index is -0.703. The molecule has 10 heteroatoms. The number of pyridine rings is 1. The number of aliphatic hydroxyl groups is 1. The maximum Gasteiger partial charge on any atom is 0.224 e. The normalized spacial score (nSPS) is 23.3. The fourth-order valence-electron chi connectivity index (χ4n) is 5.97. The zero-order valence-electron chi connectivity index (χ0n) is 25.1. The van der Waals surface area contributed by atoms with Gasteiger partial charge in [0.05, 0.1) is 34.3 Å². The number of nitrogens with one attached hydrogen (secondary N) is 2. The Morgan fingerprint density at radius 2 is 1.81 bits per heavy atom.